The van der Waals surface area contributed by atoms with Crippen LogP contribution in [0.25, 0.3) is 0 Å². The Morgan fingerprint density at radius 2 is 1.63 bits per heavy atom. The average Bonchev–Trinajstić information content (AvgIpc) is 2.63. The highest BCUT2D eigenvalue weighted by molar-refractivity contribution is 5.92. The van der Waals surface area contributed by atoms with Gasteiger partial charge in [0.15, 0.2) is 0 Å². The SMILES string of the molecule is CCN(CC(=O)NCc1ccc(F)cc1)CC(=O)Nc1ccc(C)c(C)c1. The molecule has 0 aliphatic heterocycles. The summed E-state index contributed by atoms with van der Waals surface area (Å²) in [6.07, 6.45) is 0. The highest BCUT2D eigenvalue weighted by atomic mass is 19.1. The maximum Gasteiger partial charge on any atom is 0.238 e. The molecule has 2 N–H and O–H groups in total. The zero-order valence-corrected chi connectivity index (χ0v) is 16.0. The molecule has 6 heteroatoms. The highest BCUT2D eigenvalue weighted by Crippen LogP contribution is 2.14. The summed E-state index contributed by atoms with van der Waals surface area (Å²) in [5, 5.41) is 5.65. The molecule has 27 heavy (non-hydrogen) atoms. The van der Waals surface area contributed by atoms with E-state index in [1.54, 1.807) is 17.0 Å². The third-order valence-corrected chi connectivity index (χ3v) is 4.38. The number of hydrogen-bond acceptors (Lipinski definition) is 3. The second-order valence-corrected chi connectivity index (χ2v) is 6.55. The van der Waals surface area contributed by atoms with E-state index in [0.717, 1.165) is 16.8 Å². The van der Waals surface area contributed by atoms with E-state index in [9.17, 15) is 14.0 Å². The smallest absolute Gasteiger partial charge is 0.238 e. The van der Waals surface area contributed by atoms with Crippen LogP contribution in [0, 0.1) is 19.7 Å². The molecule has 0 unspecified atom stereocenters. The molecule has 0 fully saturated rings. The van der Waals surface area contributed by atoms with Crippen molar-refractivity contribution in [3.8, 4) is 0 Å². The van der Waals surface area contributed by atoms with Crippen LogP contribution >= 0.6 is 0 Å². The fourth-order valence-electron chi connectivity index (χ4n) is 2.56. The van der Waals surface area contributed by atoms with E-state index >= 15 is 0 Å². The van der Waals surface area contributed by atoms with Crippen molar-refractivity contribution in [2.75, 3.05) is 25.0 Å². The van der Waals surface area contributed by atoms with Gasteiger partial charge in [0.05, 0.1) is 13.1 Å². The van der Waals surface area contributed by atoms with Crippen molar-refractivity contribution in [1.29, 1.82) is 0 Å². The Balaban J connectivity index is 1.80. The van der Waals surface area contributed by atoms with Gasteiger partial charge < -0.3 is 10.6 Å². The van der Waals surface area contributed by atoms with Crippen LogP contribution in [0.2, 0.25) is 0 Å². The molecule has 0 aliphatic rings. The zero-order valence-electron chi connectivity index (χ0n) is 16.0. The Hall–Kier alpha value is -2.73. The third-order valence-electron chi connectivity index (χ3n) is 4.38. The molecule has 0 aromatic heterocycles. The molecular weight excluding hydrogens is 345 g/mol. The number of benzene rings is 2. The molecule has 144 valence electrons. The van der Waals surface area contributed by atoms with E-state index in [-0.39, 0.29) is 30.7 Å². The number of hydrogen-bond donors (Lipinski definition) is 2. The second kappa shape index (κ2) is 9.83. The van der Waals surface area contributed by atoms with Crippen molar-refractivity contribution in [2.24, 2.45) is 0 Å². The number of aryl methyl sites for hydroxylation is 2. The minimum Gasteiger partial charge on any atom is -0.351 e. The Labute approximate surface area is 159 Å². The number of halogens is 1. The highest BCUT2D eigenvalue weighted by Gasteiger charge is 2.13. The molecule has 2 aromatic carbocycles. The molecule has 0 saturated heterocycles. The van der Waals surface area contributed by atoms with Gasteiger partial charge in [-0.05, 0) is 61.3 Å². The molecule has 0 spiro atoms. The predicted octanol–water partition coefficient (Wildman–Crippen LogP) is 3.02. The van der Waals surface area contributed by atoms with Crippen LogP contribution in [0.4, 0.5) is 10.1 Å². The first kappa shape index (κ1) is 20.6. The molecule has 0 atom stereocenters. The summed E-state index contributed by atoms with van der Waals surface area (Å²) < 4.78 is 12.9. The summed E-state index contributed by atoms with van der Waals surface area (Å²) in [5.74, 6) is -0.649. The van der Waals surface area contributed by atoms with Crippen molar-refractivity contribution in [3.63, 3.8) is 0 Å². The van der Waals surface area contributed by atoms with E-state index in [2.05, 4.69) is 10.6 Å². The van der Waals surface area contributed by atoms with E-state index in [1.807, 2.05) is 39.0 Å². The van der Waals surface area contributed by atoms with Crippen molar-refractivity contribution < 1.29 is 14.0 Å². The van der Waals surface area contributed by atoms with Crippen molar-refractivity contribution in [2.45, 2.75) is 27.3 Å². The van der Waals surface area contributed by atoms with Gasteiger partial charge in [-0.2, -0.15) is 0 Å². The van der Waals surface area contributed by atoms with Gasteiger partial charge in [-0.3, -0.25) is 14.5 Å². The zero-order chi connectivity index (χ0) is 19.8. The first-order valence-corrected chi connectivity index (χ1v) is 8.98. The van der Waals surface area contributed by atoms with Gasteiger partial charge in [0.2, 0.25) is 11.8 Å². The Morgan fingerprint density at radius 3 is 2.26 bits per heavy atom. The Morgan fingerprint density at radius 1 is 0.963 bits per heavy atom. The van der Waals surface area contributed by atoms with Gasteiger partial charge in [-0.1, -0.05) is 25.1 Å². The van der Waals surface area contributed by atoms with Crippen LogP contribution in [-0.2, 0) is 16.1 Å². The van der Waals surface area contributed by atoms with Gasteiger partial charge in [-0.25, -0.2) is 4.39 Å². The quantitative estimate of drug-likeness (QED) is 0.750. The number of nitrogens with zero attached hydrogens (tertiary/aromatic N) is 1. The summed E-state index contributed by atoms with van der Waals surface area (Å²) in [6.45, 7) is 7.07. The van der Waals surface area contributed by atoms with Crippen LogP contribution in [-0.4, -0.2) is 36.3 Å². The van der Waals surface area contributed by atoms with Crippen LogP contribution in [0.15, 0.2) is 42.5 Å². The molecule has 2 aromatic rings. The van der Waals surface area contributed by atoms with Crippen LogP contribution in [0.5, 0.6) is 0 Å². The molecule has 2 rings (SSSR count). The van der Waals surface area contributed by atoms with Crippen molar-refractivity contribution >= 4 is 17.5 Å². The summed E-state index contributed by atoms with van der Waals surface area (Å²) in [4.78, 5) is 26.1. The first-order chi connectivity index (χ1) is 12.9. The molecule has 2 amide bonds. The fraction of sp³-hybridized carbons (Fsp3) is 0.333. The lowest BCUT2D eigenvalue weighted by Crippen LogP contribution is -2.40. The lowest BCUT2D eigenvalue weighted by molar-refractivity contribution is -0.123. The van der Waals surface area contributed by atoms with Crippen molar-refractivity contribution in [1.82, 2.24) is 10.2 Å². The molecule has 0 saturated carbocycles. The summed E-state index contributed by atoms with van der Waals surface area (Å²) >= 11 is 0. The van der Waals surface area contributed by atoms with E-state index in [4.69, 9.17) is 0 Å². The van der Waals surface area contributed by atoms with E-state index in [0.29, 0.717) is 13.1 Å². The summed E-state index contributed by atoms with van der Waals surface area (Å²) in [7, 11) is 0. The number of nitrogens with one attached hydrogen (secondary N) is 2. The molecule has 0 radical (unpaired) electrons. The molecular formula is C21H26FN3O2. The molecule has 0 heterocycles. The minimum atomic E-state index is -0.308. The standard InChI is InChI=1S/C21H26FN3O2/c1-4-25(13-20(26)23-12-17-6-8-18(22)9-7-17)14-21(27)24-19-10-5-15(2)16(3)11-19/h5-11H,4,12-14H2,1-3H3,(H,23,26)(H,24,27). The topological polar surface area (TPSA) is 61.4 Å². The van der Waals surface area contributed by atoms with E-state index in [1.165, 1.54) is 17.7 Å². The molecule has 0 bridgehead atoms. The fourth-order valence-corrected chi connectivity index (χ4v) is 2.56. The van der Waals surface area contributed by atoms with E-state index < -0.39 is 0 Å². The number of rotatable bonds is 8. The lowest BCUT2D eigenvalue weighted by Gasteiger charge is -2.19. The third kappa shape index (κ3) is 6.83. The van der Waals surface area contributed by atoms with Crippen LogP contribution in [0.3, 0.4) is 0 Å². The minimum absolute atomic E-state index is 0.123. The van der Waals surface area contributed by atoms with Gasteiger partial charge >= 0.3 is 0 Å². The molecule has 0 aliphatic carbocycles. The Bertz CT molecular complexity index is 791. The number of carbonyl (C=O) groups excluding carboxylic acids is 2. The number of amides is 2. The maximum absolute atomic E-state index is 12.9. The summed E-state index contributed by atoms with van der Waals surface area (Å²) in [5.41, 5.74) is 3.85. The Kier molecular flexibility index (Phi) is 7.49. The lowest BCUT2D eigenvalue weighted by atomic mass is 10.1. The first-order valence-electron chi connectivity index (χ1n) is 8.98. The van der Waals surface area contributed by atoms with Crippen LogP contribution in [0.1, 0.15) is 23.6 Å². The van der Waals surface area contributed by atoms with Gasteiger partial charge in [0, 0.05) is 12.2 Å². The maximum atomic E-state index is 12.9. The van der Waals surface area contributed by atoms with Crippen molar-refractivity contribution in [3.05, 3.63) is 65.0 Å². The van der Waals surface area contributed by atoms with Crippen LogP contribution < -0.4 is 10.6 Å². The largest absolute Gasteiger partial charge is 0.351 e. The predicted molar refractivity (Wildman–Crippen MR) is 105 cm³/mol. The normalized spacial score (nSPS) is 10.7. The number of likely N-dealkylation sites (N-methyl/N-ethyl adjacent to an activating group) is 1. The number of carbonyl (C=O) groups is 2. The molecule has 5 nitrogen and oxygen atoms in total. The van der Waals surface area contributed by atoms with Gasteiger partial charge in [0.1, 0.15) is 5.82 Å². The monoisotopic (exact) mass is 371 g/mol. The second-order valence-electron chi connectivity index (χ2n) is 6.55. The number of anilines is 1. The van der Waals surface area contributed by atoms with Gasteiger partial charge in [0.25, 0.3) is 0 Å². The van der Waals surface area contributed by atoms with Gasteiger partial charge in [-0.15, -0.1) is 0 Å². The summed E-state index contributed by atoms with van der Waals surface area (Å²) in [6, 6.07) is 11.7. The average molecular weight is 371 g/mol.